The van der Waals surface area contributed by atoms with Crippen LogP contribution in [0.5, 0.6) is 5.75 Å². The van der Waals surface area contributed by atoms with Crippen LogP contribution < -0.4 is 10.1 Å². The van der Waals surface area contributed by atoms with Crippen molar-refractivity contribution in [2.24, 2.45) is 0 Å². The predicted molar refractivity (Wildman–Crippen MR) is 79.7 cm³/mol. The summed E-state index contributed by atoms with van der Waals surface area (Å²) in [4.78, 5) is 13.5. The van der Waals surface area contributed by atoms with Gasteiger partial charge >= 0.3 is 5.97 Å². The van der Waals surface area contributed by atoms with Crippen LogP contribution in [0.15, 0.2) is 36.9 Å². The Morgan fingerprint density at radius 2 is 2.25 bits per heavy atom. The lowest BCUT2D eigenvalue weighted by Gasteiger charge is -2.34. The topological polar surface area (TPSA) is 41.6 Å². The SMILES string of the molecule is C=CC[C@H](c1cccc(OC(C)=O)c1)N1CCNCC1. The highest BCUT2D eigenvalue weighted by molar-refractivity contribution is 5.69. The Hall–Kier alpha value is -1.65. The molecule has 1 saturated heterocycles. The molecule has 4 nitrogen and oxygen atoms in total. The second-order valence-electron chi connectivity index (χ2n) is 4.99. The first-order valence-electron chi connectivity index (χ1n) is 7.04. The van der Waals surface area contributed by atoms with Crippen LogP contribution in [0.4, 0.5) is 0 Å². The zero-order valence-corrected chi connectivity index (χ0v) is 12.0. The highest BCUT2D eigenvalue weighted by Gasteiger charge is 2.21. The van der Waals surface area contributed by atoms with Crippen LogP contribution in [0, 0.1) is 0 Å². The first kappa shape index (κ1) is 14.8. The highest BCUT2D eigenvalue weighted by Crippen LogP contribution is 2.27. The van der Waals surface area contributed by atoms with Gasteiger partial charge in [-0.3, -0.25) is 9.69 Å². The van der Waals surface area contributed by atoms with E-state index in [0.717, 1.165) is 32.6 Å². The molecule has 1 heterocycles. The van der Waals surface area contributed by atoms with Gasteiger partial charge in [0.1, 0.15) is 5.75 Å². The minimum atomic E-state index is -0.287. The molecule has 1 N–H and O–H groups in total. The van der Waals surface area contributed by atoms with E-state index in [1.807, 2.05) is 24.3 Å². The Bertz CT molecular complexity index is 467. The average molecular weight is 274 g/mol. The van der Waals surface area contributed by atoms with Crippen molar-refractivity contribution in [2.45, 2.75) is 19.4 Å². The number of esters is 1. The molecule has 0 aliphatic carbocycles. The fraction of sp³-hybridized carbons (Fsp3) is 0.438. The molecule has 1 fully saturated rings. The zero-order valence-electron chi connectivity index (χ0n) is 12.0. The van der Waals surface area contributed by atoms with E-state index < -0.39 is 0 Å². The number of nitrogens with zero attached hydrogens (tertiary/aromatic N) is 1. The number of hydrogen-bond donors (Lipinski definition) is 1. The number of carbonyl (C=O) groups is 1. The monoisotopic (exact) mass is 274 g/mol. The Kier molecular flexibility index (Phi) is 5.32. The summed E-state index contributed by atoms with van der Waals surface area (Å²) in [5.41, 5.74) is 1.17. The van der Waals surface area contributed by atoms with Crippen LogP contribution in [-0.4, -0.2) is 37.0 Å². The van der Waals surface area contributed by atoms with Gasteiger partial charge in [-0.05, 0) is 24.1 Å². The molecule has 0 amide bonds. The van der Waals surface area contributed by atoms with Gasteiger partial charge in [-0.25, -0.2) is 0 Å². The number of piperazine rings is 1. The largest absolute Gasteiger partial charge is 0.427 e. The van der Waals surface area contributed by atoms with E-state index in [1.165, 1.54) is 12.5 Å². The smallest absolute Gasteiger partial charge is 0.308 e. The molecule has 0 bridgehead atoms. The summed E-state index contributed by atoms with van der Waals surface area (Å²) in [5.74, 6) is 0.323. The summed E-state index contributed by atoms with van der Waals surface area (Å²) in [6.45, 7) is 9.36. The van der Waals surface area contributed by atoms with Crippen molar-refractivity contribution >= 4 is 5.97 Å². The second-order valence-corrected chi connectivity index (χ2v) is 4.99. The number of benzene rings is 1. The molecule has 2 rings (SSSR count). The van der Waals surface area contributed by atoms with Gasteiger partial charge in [-0.15, -0.1) is 6.58 Å². The number of rotatable bonds is 5. The summed E-state index contributed by atoms with van der Waals surface area (Å²) < 4.78 is 5.17. The maximum Gasteiger partial charge on any atom is 0.308 e. The van der Waals surface area contributed by atoms with Crippen molar-refractivity contribution in [2.75, 3.05) is 26.2 Å². The summed E-state index contributed by atoms with van der Waals surface area (Å²) >= 11 is 0. The van der Waals surface area contributed by atoms with Crippen LogP contribution in [-0.2, 0) is 4.79 Å². The van der Waals surface area contributed by atoms with Crippen LogP contribution >= 0.6 is 0 Å². The van der Waals surface area contributed by atoms with E-state index in [1.54, 1.807) is 0 Å². The van der Waals surface area contributed by atoms with Crippen molar-refractivity contribution in [3.63, 3.8) is 0 Å². The number of ether oxygens (including phenoxy) is 1. The molecular weight excluding hydrogens is 252 g/mol. The van der Waals surface area contributed by atoms with E-state index in [9.17, 15) is 4.79 Å². The van der Waals surface area contributed by atoms with E-state index in [2.05, 4.69) is 22.9 Å². The number of hydrogen-bond acceptors (Lipinski definition) is 4. The minimum absolute atomic E-state index is 0.287. The Morgan fingerprint density at radius 1 is 1.50 bits per heavy atom. The molecule has 1 aromatic rings. The number of carbonyl (C=O) groups excluding carboxylic acids is 1. The van der Waals surface area contributed by atoms with Crippen LogP contribution in [0.2, 0.25) is 0 Å². The Labute approximate surface area is 120 Å². The van der Waals surface area contributed by atoms with E-state index >= 15 is 0 Å². The predicted octanol–water partition coefficient (Wildman–Crippen LogP) is 2.13. The first-order chi connectivity index (χ1) is 9.70. The Balaban J connectivity index is 2.19. The lowest BCUT2D eigenvalue weighted by molar-refractivity contribution is -0.131. The highest BCUT2D eigenvalue weighted by atomic mass is 16.5. The molecule has 0 aromatic heterocycles. The summed E-state index contributed by atoms with van der Waals surface area (Å²) in [5, 5.41) is 3.36. The normalized spacial score (nSPS) is 17.4. The van der Waals surface area contributed by atoms with Crippen molar-refractivity contribution in [1.82, 2.24) is 10.2 Å². The standard InChI is InChI=1S/C16H22N2O2/c1-3-5-16(18-10-8-17-9-11-18)14-6-4-7-15(12-14)20-13(2)19/h3-4,6-7,12,16-17H,1,5,8-11H2,2H3/t16-/m1/s1. The lowest BCUT2D eigenvalue weighted by atomic mass is 10.0. The Morgan fingerprint density at radius 3 is 2.90 bits per heavy atom. The molecule has 0 spiro atoms. The van der Waals surface area contributed by atoms with Gasteiger partial charge in [0.25, 0.3) is 0 Å². The molecular formula is C16H22N2O2. The van der Waals surface area contributed by atoms with Crippen molar-refractivity contribution in [3.8, 4) is 5.75 Å². The summed E-state index contributed by atoms with van der Waals surface area (Å²) in [6.07, 6.45) is 2.84. The molecule has 0 unspecified atom stereocenters. The van der Waals surface area contributed by atoms with Crippen LogP contribution in [0.1, 0.15) is 24.9 Å². The van der Waals surface area contributed by atoms with Crippen LogP contribution in [0.25, 0.3) is 0 Å². The summed E-state index contributed by atoms with van der Waals surface area (Å²) in [6, 6.07) is 8.09. The van der Waals surface area contributed by atoms with Gasteiger partial charge in [0.05, 0.1) is 0 Å². The van der Waals surface area contributed by atoms with Gasteiger partial charge in [-0.2, -0.15) is 0 Å². The van der Waals surface area contributed by atoms with Crippen molar-refractivity contribution in [3.05, 3.63) is 42.5 Å². The molecule has 108 valence electrons. The third kappa shape index (κ3) is 3.92. The lowest BCUT2D eigenvalue weighted by Crippen LogP contribution is -2.45. The molecule has 0 radical (unpaired) electrons. The quantitative estimate of drug-likeness (QED) is 0.507. The maximum absolute atomic E-state index is 11.1. The molecule has 1 atom stereocenters. The van der Waals surface area contributed by atoms with E-state index in [0.29, 0.717) is 11.8 Å². The average Bonchev–Trinajstić information content (AvgIpc) is 2.45. The second kappa shape index (κ2) is 7.22. The van der Waals surface area contributed by atoms with Gasteiger partial charge in [-0.1, -0.05) is 18.2 Å². The maximum atomic E-state index is 11.1. The fourth-order valence-electron chi connectivity index (χ4n) is 2.60. The molecule has 1 aliphatic rings. The van der Waals surface area contributed by atoms with E-state index in [4.69, 9.17) is 4.74 Å². The minimum Gasteiger partial charge on any atom is -0.427 e. The fourth-order valence-corrected chi connectivity index (χ4v) is 2.60. The first-order valence-corrected chi connectivity index (χ1v) is 7.04. The third-order valence-electron chi connectivity index (χ3n) is 3.49. The van der Waals surface area contributed by atoms with Gasteiger partial charge < -0.3 is 10.1 Å². The third-order valence-corrected chi connectivity index (χ3v) is 3.49. The molecule has 0 saturated carbocycles. The molecule has 4 heteroatoms. The van der Waals surface area contributed by atoms with Gasteiger partial charge in [0, 0.05) is 39.1 Å². The van der Waals surface area contributed by atoms with Gasteiger partial charge in [0.2, 0.25) is 0 Å². The van der Waals surface area contributed by atoms with Crippen LogP contribution in [0.3, 0.4) is 0 Å². The van der Waals surface area contributed by atoms with Crippen molar-refractivity contribution in [1.29, 1.82) is 0 Å². The van der Waals surface area contributed by atoms with E-state index in [-0.39, 0.29) is 5.97 Å². The van der Waals surface area contributed by atoms with Gasteiger partial charge in [0.15, 0.2) is 0 Å². The molecule has 1 aromatic carbocycles. The van der Waals surface area contributed by atoms with Crippen molar-refractivity contribution < 1.29 is 9.53 Å². The summed E-state index contributed by atoms with van der Waals surface area (Å²) in [7, 11) is 0. The zero-order chi connectivity index (χ0) is 14.4. The molecule has 20 heavy (non-hydrogen) atoms. The molecule has 1 aliphatic heterocycles. The number of nitrogens with one attached hydrogen (secondary N) is 1.